The highest BCUT2D eigenvalue weighted by molar-refractivity contribution is 6.31. The molecule has 0 saturated carbocycles. The normalized spacial score (nSPS) is 10.0. The van der Waals surface area contributed by atoms with E-state index in [1.54, 1.807) is 0 Å². The highest BCUT2D eigenvalue weighted by Crippen LogP contribution is 2.16. The molecule has 82 valence electrons. The minimum Gasteiger partial charge on any atom is -0.356 e. The third kappa shape index (κ3) is 4.84. The zero-order valence-electron chi connectivity index (χ0n) is 8.92. The zero-order chi connectivity index (χ0) is 11.1. The Labute approximate surface area is 95.6 Å². The fourth-order valence-electron chi connectivity index (χ4n) is 1.41. The summed E-state index contributed by atoms with van der Waals surface area (Å²) in [6, 6.07) is 7.88. The first-order valence-electron chi connectivity index (χ1n) is 5.18. The molecule has 1 amide bonds. The number of rotatable bonds is 5. The van der Waals surface area contributed by atoms with E-state index in [-0.39, 0.29) is 5.91 Å². The number of aryl methyl sites for hydroxylation is 1. The van der Waals surface area contributed by atoms with E-state index in [0.717, 1.165) is 30.8 Å². The van der Waals surface area contributed by atoms with Crippen LogP contribution in [0.2, 0.25) is 5.02 Å². The molecule has 1 rings (SSSR count). The number of halogens is 1. The SMILES string of the molecule is CC(=O)NCCCCc1ccccc1Cl. The second kappa shape index (κ2) is 6.46. The molecule has 0 aliphatic carbocycles. The largest absolute Gasteiger partial charge is 0.356 e. The van der Waals surface area contributed by atoms with Gasteiger partial charge < -0.3 is 5.32 Å². The Balaban J connectivity index is 2.21. The first-order chi connectivity index (χ1) is 7.20. The maximum atomic E-state index is 10.6. The summed E-state index contributed by atoms with van der Waals surface area (Å²) in [5.74, 6) is 0.0349. The van der Waals surface area contributed by atoms with E-state index < -0.39 is 0 Å². The van der Waals surface area contributed by atoms with Gasteiger partial charge in [0.1, 0.15) is 0 Å². The van der Waals surface area contributed by atoms with Crippen LogP contribution in [0.4, 0.5) is 0 Å². The molecule has 2 nitrogen and oxygen atoms in total. The lowest BCUT2D eigenvalue weighted by atomic mass is 10.1. The summed E-state index contributed by atoms with van der Waals surface area (Å²) in [5.41, 5.74) is 1.18. The summed E-state index contributed by atoms with van der Waals surface area (Å²) in [4.78, 5) is 10.6. The van der Waals surface area contributed by atoms with Crippen LogP contribution in [0, 0.1) is 0 Å². The second-order valence-corrected chi connectivity index (χ2v) is 3.94. The van der Waals surface area contributed by atoms with Gasteiger partial charge in [-0.2, -0.15) is 0 Å². The van der Waals surface area contributed by atoms with Gasteiger partial charge in [-0.25, -0.2) is 0 Å². The molecule has 0 bridgehead atoms. The van der Waals surface area contributed by atoms with Crippen molar-refractivity contribution in [1.82, 2.24) is 5.32 Å². The molecule has 0 saturated heterocycles. The lowest BCUT2D eigenvalue weighted by molar-refractivity contribution is -0.118. The van der Waals surface area contributed by atoms with Crippen molar-refractivity contribution in [3.63, 3.8) is 0 Å². The Bertz CT molecular complexity index is 325. The lowest BCUT2D eigenvalue weighted by Gasteiger charge is -2.04. The molecule has 0 atom stereocenters. The van der Waals surface area contributed by atoms with Crippen molar-refractivity contribution in [2.45, 2.75) is 26.2 Å². The molecule has 1 aromatic rings. The number of nitrogens with one attached hydrogen (secondary N) is 1. The van der Waals surface area contributed by atoms with Crippen LogP contribution >= 0.6 is 11.6 Å². The van der Waals surface area contributed by atoms with Crippen molar-refractivity contribution < 1.29 is 4.79 Å². The average molecular weight is 226 g/mol. The molecule has 1 aromatic carbocycles. The number of unbranched alkanes of at least 4 members (excludes halogenated alkanes) is 1. The minimum absolute atomic E-state index is 0.0349. The molecule has 0 aliphatic heterocycles. The number of carbonyl (C=O) groups excluding carboxylic acids is 1. The molecule has 0 heterocycles. The maximum absolute atomic E-state index is 10.6. The van der Waals surface area contributed by atoms with Crippen LogP contribution in [0.1, 0.15) is 25.3 Å². The first kappa shape index (κ1) is 12.1. The maximum Gasteiger partial charge on any atom is 0.216 e. The van der Waals surface area contributed by atoms with Crippen LogP contribution < -0.4 is 5.32 Å². The molecule has 0 fully saturated rings. The van der Waals surface area contributed by atoms with Gasteiger partial charge in [-0.05, 0) is 30.9 Å². The first-order valence-corrected chi connectivity index (χ1v) is 5.56. The van der Waals surface area contributed by atoms with E-state index in [4.69, 9.17) is 11.6 Å². The fourth-order valence-corrected chi connectivity index (χ4v) is 1.64. The van der Waals surface area contributed by atoms with Crippen LogP contribution in [0.5, 0.6) is 0 Å². The highest BCUT2D eigenvalue weighted by atomic mass is 35.5. The number of carbonyl (C=O) groups is 1. The molecular weight excluding hydrogens is 210 g/mol. The number of hydrogen-bond donors (Lipinski definition) is 1. The molecule has 0 aliphatic rings. The molecule has 3 heteroatoms. The molecule has 0 radical (unpaired) electrons. The van der Waals surface area contributed by atoms with E-state index in [0.29, 0.717) is 0 Å². The summed E-state index contributed by atoms with van der Waals surface area (Å²) < 4.78 is 0. The molecule has 1 N–H and O–H groups in total. The molecule has 15 heavy (non-hydrogen) atoms. The van der Waals surface area contributed by atoms with Crippen molar-refractivity contribution in [2.24, 2.45) is 0 Å². The molecular formula is C12H16ClNO. The lowest BCUT2D eigenvalue weighted by Crippen LogP contribution is -2.20. The van der Waals surface area contributed by atoms with Crippen LogP contribution in [0.3, 0.4) is 0 Å². The monoisotopic (exact) mass is 225 g/mol. The smallest absolute Gasteiger partial charge is 0.216 e. The summed E-state index contributed by atoms with van der Waals surface area (Å²) in [5, 5.41) is 3.61. The predicted octanol–water partition coefficient (Wildman–Crippen LogP) is 2.80. The average Bonchev–Trinajstić information content (AvgIpc) is 2.20. The van der Waals surface area contributed by atoms with Gasteiger partial charge in [0.2, 0.25) is 5.91 Å². The van der Waals surface area contributed by atoms with Gasteiger partial charge >= 0.3 is 0 Å². The number of amides is 1. The van der Waals surface area contributed by atoms with Gasteiger partial charge in [-0.15, -0.1) is 0 Å². The molecule has 0 aromatic heterocycles. The minimum atomic E-state index is 0.0349. The number of benzene rings is 1. The van der Waals surface area contributed by atoms with Crippen LogP contribution in [-0.2, 0) is 11.2 Å². The Kier molecular flexibility index (Phi) is 5.19. The van der Waals surface area contributed by atoms with Gasteiger partial charge in [0.25, 0.3) is 0 Å². The molecule has 0 spiro atoms. The second-order valence-electron chi connectivity index (χ2n) is 3.53. The van der Waals surface area contributed by atoms with E-state index in [1.807, 2.05) is 24.3 Å². The van der Waals surface area contributed by atoms with E-state index in [2.05, 4.69) is 5.32 Å². The van der Waals surface area contributed by atoms with E-state index >= 15 is 0 Å². The summed E-state index contributed by atoms with van der Waals surface area (Å²) in [6.07, 6.45) is 3.01. The Morgan fingerprint density at radius 1 is 1.33 bits per heavy atom. The van der Waals surface area contributed by atoms with Crippen molar-refractivity contribution in [3.8, 4) is 0 Å². The van der Waals surface area contributed by atoms with E-state index in [9.17, 15) is 4.79 Å². The summed E-state index contributed by atoms with van der Waals surface area (Å²) in [6.45, 7) is 2.29. The van der Waals surface area contributed by atoms with E-state index in [1.165, 1.54) is 12.5 Å². The van der Waals surface area contributed by atoms with Crippen LogP contribution in [0.15, 0.2) is 24.3 Å². The quantitative estimate of drug-likeness (QED) is 0.768. The van der Waals surface area contributed by atoms with Crippen molar-refractivity contribution in [1.29, 1.82) is 0 Å². The van der Waals surface area contributed by atoms with Crippen LogP contribution in [0.25, 0.3) is 0 Å². The number of hydrogen-bond acceptors (Lipinski definition) is 1. The Morgan fingerprint density at radius 2 is 2.07 bits per heavy atom. The van der Waals surface area contributed by atoms with Gasteiger partial charge in [0, 0.05) is 18.5 Å². The molecule has 0 unspecified atom stereocenters. The van der Waals surface area contributed by atoms with Crippen molar-refractivity contribution in [2.75, 3.05) is 6.54 Å². The third-order valence-corrected chi connectivity index (χ3v) is 2.57. The van der Waals surface area contributed by atoms with Crippen molar-refractivity contribution in [3.05, 3.63) is 34.9 Å². The van der Waals surface area contributed by atoms with Gasteiger partial charge in [-0.3, -0.25) is 4.79 Å². The van der Waals surface area contributed by atoms with Gasteiger partial charge in [-0.1, -0.05) is 29.8 Å². The zero-order valence-corrected chi connectivity index (χ0v) is 9.68. The van der Waals surface area contributed by atoms with Gasteiger partial charge in [0.15, 0.2) is 0 Å². The Morgan fingerprint density at radius 3 is 2.73 bits per heavy atom. The predicted molar refractivity (Wildman–Crippen MR) is 63.1 cm³/mol. The van der Waals surface area contributed by atoms with Crippen LogP contribution in [-0.4, -0.2) is 12.5 Å². The topological polar surface area (TPSA) is 29.1 Å². The third-order valence-electron chi connectivity index (χ3n) is 2.20. The standard InChI is InChI=1S/C12H16ClNO/c1-10(15)14-9-5-4-7-11-6-2-3-8-12(11)13/h2-3,6,8H,4-5,7,9H2,1H3,(H,14,15). The van der Waals surface area contributed by atoms with Crippen molar-refractivity contribution >= 4 is 17.5 Å². The fraction of sp³-hybridized carbons (Fsp3) is 0.417. The van der Waals surface area contributed by atoms with Gasteiger partial charge in [0.05, 0.1) is 0 Å². The highest BCUT2D eigenvalue weighted by Gasteiger charge is 1.98. The summed E-state index contributed by atoms with van der Waals surface area (Å²) in [7, 11) is 0. The Hall–Kier alpha value is -1.02. The summed E-state index contributed by atoms with van der Waals surface area (Å²) >= 11 is 6.02.